The molecule has 2 saturated heterocycles. The van der Waals surface area contributed by atoms with Crippen molar-refractivity contribution in [2.75, 3.05) is 44.2 Å². The summed E-state index contributed by atoms with van der Waals surface area (Å²) in [5.41, 5.74) is 0.946. The highest BCUT2D eigenvalue weighted by Crippen LogP contribution is 2.28. The molecule has 0 spiro atoms. The number of benzene rings is 1. The van der Waals surface area contributed by atoms with Crippen LogP contribution in [0.25, 0.3) is 0 Å². The van der Waals surface area contributed by atoms with E-state index in [4.69, 9.17) is 4.74 Å². The van der Waals surface area contributed by atoms with E-state index in [2.05, 4.69) is 21.5 Å². The highest BCUT2D eigenvalue weighted by molar-refractivity contribution is 5.49. The lowest BCUT2D eigenvalue weighted by Crippen LogP contribution is -2.48. The lowest BCUT2D eigenvalue weighted by molar-refractivity contribution is -0.274. The number of hydrogen-bond acceptors (Lipinski definition) is 4. The van der Waals surface area contributed by atoms with Crippen molar-refractivity contribution in [3.8, 4) is 5.75 Å². The zero-order valence-electron chi connectivity index (χ0n) is 12.4. The molecule has 3 rings (SSSR count). The van der Waals surface area contributed by atoms with Gasteiger partial charge in [0.2, 0.25) is 0 Å². The molecule has 0 unspecified atom stereocenters. The zero-order valence-corrected chi connectivity index (χ0v) is 12.4. The molecule has 0 saturated carbocycles. The quantitative estimate of drug-likeness (QED) is 0.798. The fourth-order valence-corrected chi connectivity index (χ4v) is 2.71. The van der Waals surface area contributed by atoms with Crippen molar-refractivity contribution in [3.05, 3.63) is 24.3 Å². The molecule has 1 atom stereocenters. The summed E-state index contributed by atoms with van der Waals surface area (Å²) in [6.45, 7) is 7.45. The van der Waals surface area contributed by atoms with Crippen LogP contribution in [0.15, 0.2) is 24.3 Å². The molecular formula is C15H19F3N2O2. The Morgan fingerprint density at radius 2 is 1.73 bits per heavy atom. The minimum absolute atomic E-state index is 0.0265. The predicted molar refractivity (Wildman–Crippen MR) is 76.1 cm³/mol. The van der Waals surface area contributed by atoms with E-state index in [1.807, 2.05) is 0 Å². The maximum atomic E-state index is 12.1. The van der Waals surface area contributed by atoms with E-state index in [-0.39, 0.29) is 11.4 Å². The minimum atomic E-state index is -4.64. The number of nitrogens with zero attached hydrogens (tertiary/aromatic N) is 2. The van der Waals surface area contributed by atoms with Gasteiger partial charge in [0.25, 0.3) is 0 Å². The van der Waals surface area contributed by atoms with Gasteiger partial charge in [-0.15, -0.1) is 13.2 Å². The van der Waals surface area contributed by atoms with Crippen LogP contribution in [-0.2, 0) is 4.74 Å². The Balaban J connectivity index is 1.52. The van der Waals surface area contributed by atoms with Crippen molar-refractivity contribution in [3.63, 3.8) is 0 Å². The van der Waals surface area contributed by atoms with Gasteiger partial charge in [0, 0.05) is 38.4 Å². The summed E-state index contributed by atoms with van der Waals surface area (Å²) in [5, 5.41) is 0. The number of ether oxygens (including phenoxy) is 2. The van der Waals surface area contributed by atoms with Crippen molar-refractivity contribution in [2.24, 2.45) is 0 Å². The highest BCUT2D eigenvalue weighted by Gasteiger charge is 2.41. The Bertz CT molecular complexity index is 507. The van der Waals surface area contributed by atoms with Crippen LogP contribution in [0.1, 0.15) is 6.92 Å². The summed E-state index contributed by atoms with van der Waals surface area (Å²) < 4.78 is 45.7. The standard InChI is InChI=1S/C15H19F3N2O2/c1-14(11-21-14)10-19-6-8-20(9-7-19)12-2-4-13(5-3-12)22-15(16,17)18/h2-5H,6-11H2,1H3/t14-/m0/s1. The van der Waals surface area contributed by atoms with Crippen LogP contribution >= 0.6 is 0 Å². The molecule has 1 aromatic carbocycles. The molecular weight excluding hydrogens is 297 g/mol. The summed E-state index contributed by atoms with van der Waals surface area (Å²) in [7, 11) is 0. The Morgan fingerprint density at radius 1 is 1.14 bits per heavy atom. The number of rotatable bonds is 4. The first-order valence-corrected chi connectivity index (χ1v) is 7.30. The van der Waals surface area contributed by atoms with Crippen molar-refractivity contribution < 1.29 is 22.6 Å². The molecule has 0 radical (unpaired) electrons. The third-order valence-corrected chi connectivity index (χ3v) is 4.00. The normalized spacial score (nSPS) is 26.1. The van der Waals surface area contributed by atoms with Crippen LogP contribution in [0.2, 0.25) is 0 Å². The van der Waals surface area contributed by atoms with Gasteiger partial charge < -0.3 is 14.4 Å². The van der Waals surface area contributed by atoms with E-state index in [1.54, 1.807) is 12.1 Å². The average molecular weight is 316 g/mol. The summed E-state index contributed by atoms with van der Waals surface area (Å²) in [6.07, 6.45) is -4.64. The van der Waals surface area contributed by atoms with E-state index in [0.717, 1.165) is 45.0 Å². The largest absolute Gasteiger partial charge is 0.573 e. The number of epoxide rings is 1. The van der Waals surface area contributed by atoms with Gasteiger partial charge in [0.1, 0.15) is 11.4 Å². The molecule has 7 heteroatoms. The number of hydrogen-bond donors (Lipinski definition) is 0. The zero-order chi connectivity index (χ0) is 15.8. The Labute approximate surface area is 127 Å². The Kier molecular flexibility index (Phi) is 3.94. The van der Waals surface area contributed by atoms with Crippen LogP contribution < -0.4 is 9.64 Å². The lowest BCUT2D eigenvalue weighted by atomic mass is 10.1. The van der Waals surface area contributed by atoms with Crippen LogP contribution in [0, 0.1) is 0 Å². The van der Waals surface area contributed by atoms with Gasteiger partial charge in [-0.3, -0.25) is 4.90 Å². The van der Waals surface area contributed by atoms with Gasteiger partial charge in [-0.05, 0) is 31.2 Å². The van der Waals surface area contributed by atoms with Gasteiger partial charge in [-0.2, -0.15) is 0 Å². The van der Waals surface area contributed by atoms with Crippen molar-refractivity contribution >= 4 is 5.69 Å². The first kappa shape index (κ1) is 15.4. The molecule has 0 aliphatic carbocycles. The first-order valence-electron chi connectivity index (χ1n) is 7.30. The van der Waals surface area contributed by atoms with Gasteiger partial charge in [-0.25, -0.2) is 0 Å². The number of piperazine rings is 1. The molecule has 0 amide bonds. The van der Waals surface area contributed by atoms with E-state index in [1.165, 1.54) is 12.1 Å². The van der Waals surface area contributed by atoms with Crippen molar-refractivity contribution in [2.45, 2.75) is 18.9 Å². The van der Waals surface area contributed by atoms with Gasteiger partial charge in [0.15, 0.2) is 0 Å². The molecule has 0 aromatic heterocycles. The topological polar surface area (TPSA) is 28.2 Å². The second-order valence-corrected chi connectivity index (χ2v) is 6.04. The molecule has 2 aliphatic heterocycles. The summed E-state index contributed by atoms with van der Waals surface area (Å²) in [6, 6.07) is 6.05. The molecule has 0 bridgehead atoms. The smallest absolute Gasteiger partial charge is 0.406 e. The SMILES string of the molecule is C[C@]1(CN2CCN(c3ccc(OC(F)(F)F)cc3)CC2)CO1. The van der Waals surface area contributed by atoms with E-state index < -0.39 is 6.36 Å². The highest BCUT2D eigenvalue weighted by atomic mass is 19.4. The Hall–Kier alpha value is -1.47. The molecule has 0 N–H and O–H groups in total. The molecule has 2 heterocycles. The second-order valence-electron chi connectivity index (χ2n) is 6.04. The van der Waals surface area contributed by atoms with Gasteiger partial charge in [0.05, 0.1) is 6.61 Å². The lowest BCUT2D eigenvalue weighted by Gasteiger charge is -2.36. The van der Waals surface area contributed by atoms with Crippen LogP contribution in [0.4, 0.5) is 18.9 Å². The van der Waals surface area contributed by atoms with E-state index in [0.29, 0.717) is 0 Å². The monoisotopic (exact) mass is 316 g/mol. The second kappa shape index (κ2) is 5.62. The molecule has 1 aromatic rings. The molecule has 22 heavy (non-hydrogen) atoms. The summed E-state index contributed by atoms with van der Waals surface area (Å²) in [5.74, 6) is -0.186. The molecule has 2 fully saturated rings. The predicted octanol–water partition coefficient (Wildman–Crippen LogP) is 2.50. The van der Waals surface area contributed by atoms with Crippen molar-refractivity contribution in [1.29, 1.82) is 0 Å². The third-order valence-electron chi connectivity index (χ3n) is 4.00. The van der Waals surface area contributed by atoms with Crippen molar-refractivity contribution in [1.82, 2.24) is 4.90 Å². The summed E-state index contributed by atoms with van der Waals surface area (Å²) in [4.78, 5) is 4.54. The van der Waals surface area contributed by atoms with E-state index in [9.17, 15) is 13.2 Å². The fourth-order valence-electron chi connectivity index (χ4n) is 2.71. The third kappa shape index (κ3) is 4.04. The maximum absolute atomic E-state index is 12.1. The average Bonchev–Trinajstić information content (AvgIpc) is 3.16. The minimum Gasteiger partial charge on any atom is -0.406 e. The van der Waals surface area contributed by atoms with Gasteiger partial charge >= 0.3 is 6.36 Å². The number of halogens is 3. The van der Waals surface area contributed by atoms with E-state index >= 15 is 0 Å². The number of alkyl halides is 3. The molecule has 122 valence electrons. The van der Waals surface area contributed by atoms with Crippen LogP contribution in [0.3, 0.4) is 0 Å². The molecule has 4 nitrogen and oxygen atoms in total. The maximum Gasteiger partial charge on any atom is 0.573 e. The van der Waals surface area contributed by atoms with Gasteiger partial charge in [-0.1, -0.05) is 0 Å². The Morgan fingerprint density at radius 3 is 2.23 bits per heavy atom. The fraction of sp³-hybridized carbons (Fsp3) is 0.600. The van der Waals surface area contributed by atoms with Crippen LogP contribution in [0.5, 0.6) is 5.75 Å². The molecule has 2 aliphatic rings. The first-order chi connectivity index (χ1) is 10.3. The summed E-state index contributed by atoms with van der Waals surface area (Å²) >= 11 is 0. The number of anilines is 1. The van der Waals surface area contributed by atoms with Crippen LogP contribution in [-0.4, -0.2) is 56.2 Å².